The van der Waals surface area contributed by atoms with Crippen LogP contribution in [0.15, 0.2) is 23.5 Å². The minimum Gasteiger partial charge on any atom is -0.370 e. The van der Waals surface area contributed by atoms with Gasteiger partial charge in [-0.25, -0.2) is 9.38 Å². The molecule has 0 saturated heterocycles. The number of pyridine rings is 1. The van der Waals surface area contributed by atoms with Crippen molar-refractivity contribution in [3.05, 3.63) is 29.8 Å². The van der Waals surface area contributed by atoms with Crippen LogP contribution in [0.25, 0.3) is 0 Å². The predicted molar refractivity (Wildman–Crippen MR) is 51.3 cm³/mol. The maximum Gasteiger partial charge on any atom is 0.259 e. The molecule has 0 saturated carbocycles. The van der Waals surface area contributed by atoms with Gasteiger partial charge in [-0.2, -0.15) is 0 Å². The second-order valence-corrected chi connectivity index (χ2v) is 3.42. The van der Waals surface area contributed by atoms with Gasteiger partial charge >= 0.3 is 0 Å². The van der Waals surface area contributed by atoms with Gasteiger partial charge in [-0.05, 0) is 13.0 Å². The third-order valence-corrected chi connectivity index (χ3v) is 2.29. The van der Waals surface area contributed by atoms with Crippen LogP contribution in [0, 0.1) is 5.82 Å². The molecule has 1 atom stereocenters. The van der Waals surface area contributed by atoms with Gasteiger partial charge in [0.05, 0.1) is 6.20 Å². The Hall–Kier alpha value is -1.98. The summed E-state index contributed by atoms with van der Waals surface area (Å²) < 4.78 is 12.9. The van der Waals surface area contributed by atoms with Crippen LogP contribution < -0.4 is 11.1 Å². The van der Waals surface area contributed by atoms with E-state index in [1.54, 1.807) is 6.92 Å². The summed E-state index contributed by atoms with van der Waals surface area (Å²) in [6, 6.07) is 1.22. The van der Waals surface area contributed by atoms with Crippen molar-refractivity contribution in [3.8, 4) is 0 Å². The van der Waals surface area contributed by atoms with E-state index in [2.05, 4.69) is 15.3 Å². The summed E-state index contributed by atoms with van der Waals surface area (Å²) >= 11 is 0. The predicted octanol–water partition coefficient (Wildman–Crippen LogP) is -0.120. The molecule has 0 spiro atoms. The van der Waals surface area contributed by atoms with E-state index in [0.717, 1.165) is 6.20 Å². The maximum absolute atomic E-state index is 12.9. The Morgan fingerprint density at radius 1 is 1.53 bits per heavy atom. The summed E-state index contributed by atoms with van der Waals surface area (Å²) in [5.74, 6) is -0.860. The monoisotopic (exact) mass is 208 g/mol. The number of carbonyl (C=O) groups excluding carboxylic acids is 1. The van der Waals surface area contributed by atoms with Gasteiger partial charge < -0.3 is 5.73 Å². The molecular weight excluding hydrogens is 199 g/mol. The number of nitrogens with one attached hydrogen (secondary N) is 1. The lowest BCUT2D eigenvalue weighted by Crippen LogP contribution is -2.37. The Bertz CT molecular complexity index is 459. The number of aromatic nitrogens is 1. The normalized spacial score (nSPS) is 24.9. The molecule has 1 unspecified atom stereocenters. The molecule has 3 N–H and O–H groups in total. The molecule has 1 amide bonds. The first-order valence-electron chi connectivity index (χ1n) is 4.30. The number of aliphatic imine (C=N–C) groups is 1. The van der Waals surface area contributed by atoms with Crippen LogP contribution >= 0.6 is 0 Å². The Balaban J connectivity index is 2.50. The van der Waals surface area contributed by atoms with Crippen LogP contribution in [0.5, 0.6) is 0 Å². The van der Waals surface area contributed by atoms with Gasteiger partial charge in [0, 0.05) is 11.8 Å². The highest BCUT2D eigenvalue weighted by molar-refractivity contribution is 6.06. The fraction of sp³-hybridized carbons (Fsp3) is 0.222. The van der Waals surface area contributed by atoms with E-state index >= 15 is 0 Å². The van der Waals surface area contributed by atoms with Gasteiger partial charge in [-0.15, -0.1) is 0 Å². The first kappa shape index (κ1) is 9.57. The zero-order chi connectivity index (χ0) is 11.1. The smallest absolute Gasteiger partial charge is 0.259 e. The van der Waals surface area contributed by atoms with Gasteiger partial charge in [0.15, 0.2) is 11.5 Å². The van der Waals surface area contributed by atoms with Crippen molar-refractivity contribution < 1.29 is 9.18 Å². The number of rotatable bonds is 1. The molecule has 2 rings (SSSR count). The number of nitrogens with zero attached hydrogens (tertiary/aromatic N) is 2. The van der Waals surface area contributed by atoms with E-state index in [4.69, 9.17) is 5.73 Å². The van der Waals surface area contributed by atoms with E-state index in [1.165, 1.54) is 12.3 Å². The van der Waals surface area contributed by atoms with Gasteiger partial charge in [0.25, 0.3) is 5.91 Å². The first-order valence-corrected chi connectivity index (χ1v) is 4.30. The molecule has 0 bridgehead atoms. The summed E-state index contributed by atoms with van der Waals surface area (Å²) in [7, 11) is 0. The highest BCUT2D eigenvalue weighted by atomic mass is 19.1. The summed E-state index contributed by atoms with van der Waals surface area (Å²) in [5.41, 5.74) is 4.57. The minimum absolute atomic E-state index is 0.0340. The summed E-state index contributed by atoms with van der Waals surface area (Å²) in [6.45, 7) is 1.55. The van der Waals surface area contributed by atoms with Crippen molar-refractivity contribution in [3.63, 3.8) is 0 Å². The van der Waals surface area contributed by atoms with Gasteiger partial charge in [-0.1, -0.05) is 0 Å². The molecule has 0 aromatic carbocycles. The topological polar surface area (TPSA) is 80.4 Å². The number of guanidine groups is 1. The summed E-state index contributed by atoms with van der Waals surface area (Å²) in [5, 5.41) is 2.36. The van der Waals surface area contributed by atoms with E-state index in [0.29, 0.717) is 5.56 Å². The number of carbonyl (C=O) groups is 1. The lowest BCUT2D eigenvalue weighted by atomic mass is 9.94. The Morgan fingerprint density at radius 3 is 2.80 bits per heavy atom. The Kier molecular flexibility index (Phi) is 1.92. The number of hydrogen-bond acceptors (Lipinski definition) is 4. The van der Waals surface area contributed by atoms with Crippen LogP contribution in [0.3, 0.4) is 0 Å². The van der Waals surface area contributed by atoms with E-state index < -0.39 is 11.4 Å². The van der Waals surface area contributed by atoms with Crippen LogP contribution in [0.4, 0.5) is 4.39 Å². The van der Waals surface area contributed by atoms with Crippen LogP contribution in [0.2, 0.25) is 0 Å². The zero-order valence-corrected chi connectivity index (χ0v) is 7.99. The van der Waals surface area contributed by atoms with E-state index in [-0.39, 0.29) is 11.9 Å². The van der Waals surface area contributed by atoms with Crippen molar-refractivity contribution in [1.29, 1.82) is 0 Å². The van der Waals surface area contributed by atoms with Crippen molar-refractivity contribution in [1.82, 2.24) is 10.3 Å². The molecule has 6 heteroatoms. The molecule has 0 radical (unpaired) electrons. The van der Waals surface area contributed by atoms with Gasteiger partial charge in [-0.3, -0.25) is 15.1 Å². The third-order valence-electron chi connectivity index (χ3n) is 2.29. The van der Waals surface area contributed by atoms with Crippen molar-refractivity contribution >= 4 is 11.9 Å². The van der Waals surface area contributed by atoms with Crippen LogP contribution in [0.1, 0.15) is 12.5 Å². The lowest BCUT2D eigenvalue weighted by molar-refractivity contribution is -0.123. The summed E-state index contributed by atoms with van der Waals surface area (Å²) in [6.07, 6.45) is 2.46. The number of hydrogen-bond donors (Lipinski definition) is 2. The van der Waals surface area contributed by atoms with E-state index in [9.17, 15) is 9.18 Å². The second-order valence-electron chi connectivity index (χ2n) is 3.42. The average molecular weight is 208 g/mol. The van der Waals surface area contributed by atoms with Crippen molar-refractivity contribution in [2.24, 2.45) is 10.7 Å². The molecule has 1 aliphatic rings. The zero-order valence-electron chi connectivity index (χ0n) is 7.99. The van der Waals surface area contributed by atoms with E-state index in [1.807, 2.05) is 0 Å². The first-order chi connectivity index (χ1) is 7.02. The Morgan fingerprint density at radius 2 is 2.27 bits per heavy atom. The Labute approximate surface area is 85.2 Å². The number of nitrogens with two attached hydrogens (primary N) is 1. The minimum atomic E-state index is -1.18. The van der Waals surface area contributed by atoms with Crippen LogP contribution in [-0.4, -0.2) is 16.9 Å². The fourth-order valence-electron chi connectivity index (χ4n) is 1.43. The van der Waals surface area contributed by atoms with Crippen molar-refractivity contribution in [2.45, 2.75) is 12.5 Å². The maximum atomic E-state index is 12.9. The SMILES string of the molecule is CC1(c2cncc(F)c2)N=C(N)NC1=O. The summed E-state index contributed by atoms with van der Waals surface area (Å²) in [4.78, 5) is 19.2. The number of halogens is 1. The molecule has 2 heterocycles. The second kappa shape index (κ2) is 3.01. The molecular formula is C9H9FN4O. The molecule has 0 fully saturated rings. The average Bonchev–Trinajstić information content (AvgIpc) is 2.42. The fourth-order valence-corrected chi connectivity index (χ4v) is 1.43. The van der Waals surface area contributed by atoms with Gasteiger partial charge in [0.2, 0.25) is 0 Å². The molecule has 78 valence electrons. The third kappa shape index (κ3) is 1.43. The highest BCUT2D eigenvalue weighted by Crippen LogP contribution is 2.28. The van der Waals surface area contributed by atoms with Crippen LogP contribution in [-0.2, 0) is 10.3 Å². The van der Waals surface area contributed by atoms with Crippen molar-refractivity contribution in [2.75, 3.05) is 0 Å². The molecule has 1 aliphatic heterocycles. The number of amides is 1. The molecule has 15 heavy (non-hydrogen) atoms. The highest BCUT2D eigenvalue weighted by Gasteiger charge is 2.40. The standard InChI is InChI=1S/C9H9FN4O/c1-9(7(15)13-8(11)14-9)5-2-6(10)4-12-3-5/h2-4H,1H3,(H3,11,13,14,15). The largest absolute Gasteiger partial charge is 0.370 e. The molecule has 0 aliphatic carbocycles. The quantitative estimate of drug-likeness (QED) is 0.675. The molecule has 1 aromatic heterocycles. The lowest BCUT2D eigenvalue weighted by Gasteiger charge is -2.17. The molecule has 5 nitrogen and oxygen atoms in total. The molecule has 1 aromatic rings. The van der Waals surface area contributed by atoms with Gasteiger partial charge in [0.1, 0.15) is 5.82 Å².